The van der Waals surface area contributed by atoms with Crippen LogP contribution in [0.3, 0.4) is 0 Å². The Balaban J connectivity index is 2.65. The van der Waals surface area contributed by atoms with Crippen molar-refractivity contribution in [2.75, 3.05) is 0 Å². The summed E-state index contributed by atoms with van der Waals surface area (Å²) in [4.78, 5) is 34.5. The van der Waals surface area contributed by atoms with Gasteiger partial charge in [-0.2, -0.15) is 0 Å². The molecule has 3 N–H and O–H groups in total. The summed E-state index contributed by atoms with van der Waals surface area (Å²) in [5.74, 6) is -2.05. The largest absolute Gasteiger partial charge is 0.480 e. The molecule has 0 spiro atoms. The van der Waals surface area contributed by atoms with E-state index in [0.717, 1.165) is 0 Å². The van der Waals surface area contributed by atoms with Gasteiger partial charge in [0.25, 0.3) is 0 Å². The van der Waals surface area contributed by atoms with Crippen LogP contribution >= 0.6 is 0 Å². The van der Waals surface area contributed by atoms with Crippen molar-refractivity contribution < 1.29 is 24.6 Å². The molecule has 3 atom stereocenters. The second-order valence-electron chi connectivity index (χ2n) is 5.86. The molecule has 1 aliphatic rings. The number of hydrogen-bond donors (Lipinski definition) is 3. The number of aliphatic hydroxyl groups is 1. The first-order valence-electron chi connectivity index (χ1n) is 7.04. The van der Waals surface area contributed by atoms with Crippen molar-refractivity contribution in [3.63, 3.8) is 0 Å². The van der Waals surface area contributed by atoms with Gasteiger partial charge in [-0.05, 0) is 31.1 Å². The van der Waals surface area contributed by atoms with E-state index in [1.54, 1.807) is 0 Å². The Labute approximate surface area is 118 Å². The average Bonchev–Trinajstić information content (AvgIpc) is 2.34. The summed E-state index contributed by atoms with van der Waals surface area (Å²) in [5.41, 5.74) is 0. The van der Waals surface area contributed by atoms with E-state index in [2.05, 4.69) is 5.32 Å². The molecule has 0 aliphatic heterocycles. The molecule has 20 heavy (non-hydrogen) atoms. The zero-order chi connectivity index (χ0) is 15.3. The highest BCUT2D eigenvalue weighted by Gasteiger charge is 2.34. The molecule has 1 aliphatic carbocycles. The van der Waals surface area contributed by atoms with Crippen LogP contribution in [0.5, 0.6) is 0 Å². The summed E-state index contributed by atoms with van der Waals surface area (Å²) in [6.45, 7) is 3.73. The minimum Gasteiger partial charge on any atom is -0.480 e. The second-order valence-corrected chi connectivity index (χ2v) is 5.86. The fraction of sp³-hybridized carbons (Fsp3) is 0.786. The number of rotatable bonds is 6. The van der Waals surface area contributed by atoms with Crippen LogP contribution < -0.4 is 5.32 Å². The fourth-order valence-corrected chi connectivity index (χ4v) is 2.53. The maximum Gasteiger partial charge on any atom is 0.326 e. The first kappa shape index (κ1) is 16.6. The number of aliphatic hydroxyl groups excluding tert-OH is 1. The number of Topliss-reactive ketones (excluding diaryl/α,β-unsaturated/α-hetero) is 1. The predicted molar refractivity (Wildman–Crippen MR) is 72.0 cm³/mol. The molecular weight excluding hydrogens is 262 g/mol. The van der Waals surface area contributed by atoms with E-state index in [-0.39, 0.29) is 30.5 Å². The second kappa shape index (κ2) is 7.38. The summed E-state index contributed by atoms with van der Waals surface area (Å²) < 4.78 is 0. The number of amides is 1. The summed E-state index contributed by atoms with van der Waals surface area (Å²) in [6.07, 6.45) is 0.976. The Hall–Kier alpha value is -1.43. The molecule has 1 fully saturated rings. The summed E-state index contributed by atoms with van der Waals surface area (Å²) in [7, 11) is 0. The van der Waals surface area contributed by atoms with Crippen molar-refractivity contribution in [3.05, 3.63) is 0 Å². The number of nitrogens with one attached hydrogen (secondary N) is 1. The van der Waals surface area contributed by atoms with E-state index in [9.17, 15) is 24.6 Å². The molecule has 0 aromatic heterocycles. The molecular formula is C14H23NO5. The minimum absolute atomic E-state index is 0.0319. The monoisotopic (exact) mass is 285 g/mol. The number of carboxylic acid groups (broad SMARTS) is 1. The molecule has 6 heteroatoms. The maximum absolute atomic E-state index is 11.8. The third-order valence-electron chi connectivity index (χ3n) is 3.55. The average molecular weight is 285 g/mol. The summed E-state index contributed by atoms with van der Waals surface area (Å²) in [6, 6.07) is -1.10. The Morgan fingerprint density at radius 1 is 1.40 bits per heavy atom. The van der Waals surface area contributed by atoms with Gasteiger partial charge in [-0.1, -0.05) is 13.8 Å². The van der Waals surface area contributed by atoms with Gasteiger partial charge in [0.15, 0.2) is 0 Å². The third-order valence-corrected chi connectivity index (χ3v) is 3.55. The van der Waals surface area contributed by atoms with Crippen molar-refractivity contribution >= 4 is 17.7 Å². The lowest BCUT2D eigenvalue weighted by molar-refractivity contribution is -0.146. The van der Waals surface area contributed by atoms with Gasteiger partial charge in [-0.15, -0.1) is 0 Å². The van der Waals surface area contributed by atoms with Crippen LogP contribution in [0, 0.1) is 11.8 Å². The Kier molecular flexibility index (Phi) is 6.13. The van der Waals surface area contributed by atoms with E-state index in [0.29, 0.717) is 19.3 Å². The number of carboxylic acids is 1. The molecule has 0 aromatic rings. The van der Waals surface area contributed by atoms with E-state index in [4.69, 9.17) is 0 Å². The highest BCUT2D eigenvalue weighted by Crippen LogP contribution is 2.24. The smallest absolute Gasteiger partial charge is 0.326 e. The molecule has 0 unspecified atom stereocenters. The molecule has 0 radical (unpaired) electrons. The quantitative estimate of drug-likeness (QED) is 0.667. The first-order valence-corrected chi connectivity index (χ1v) is 7.04. The van der Waals surface area contributed by atoms with E-state index >= 15 is 0 Å². The Morgan fingerprint density at radius 2 is 2.05 bits per heavy atom. The standard InChI is InChI=1S/C14H23NO5/c1-8(2)6-11(17)13(18)15-12(14(19)20)9-4-3-5-10(16)7-9/h8-9,11-12,17H,3-7H2,1-2H3,(H,15,18)(H,19,20)/t9-,11-,12-/m0/s1. The van der Waals surface area contributed by atoms with Gasteiger partial charge in [0.1, 0.15) is 17.9 Å². The van der Waals surface area contributed by atoms with Crippen LogP contribution in [-0.2, 0) is 14.4 Å². The molecule has 114 valence electrons. The zero-order valence-corrected chi connectivity index (χ0v) is 12.0. The lowest BCUT2D eigenvalue weighted by Gasteiger charge is -2.28. The predicted octanol–water partition coefficient (Wildman–Crippen LogP) is 0.722. The number of carbonyl (C=O) groups excluding carboxylic acids is 2. The van der Waals surface area contributed by atoms with Crippen LogP contribution in [0.1, 0.15) is 46.0 Å². The molecule has 0 heterocycles. The van der Waals surface area contributed by atoms with Crippen LogP contribution in [0.2, 0.25) is 0 Å². The highest BCUT2D eigenvalue weighted by atomic mass is 16.4. The van der Waals surface area contributed by atoms with Crippen molar-refractivity contribution in [2.45, 2.75) is 58.1 Å². The molecule has 6 nitrogen and oxygen atoms in total. The normalized spacial score (nSPS) is 22.4. The zero-order valence-electron chi connectivity index (χ0n) is 12.0. The van der Waals surface area contributed by atoms with Crippen LogP contribution in [0.15, 0.2) is 0 Å². The van der Waals surface area contributed by atoms with E-state index < -0.39 is 24.0 Å². The SMILES string of the molecule is CC(C)C[C@H](O)C(=O)N[C@H](C(=O)O)[C@H]1CCCC(=O)C1. The summed E-state index contributed by atoms with van der Waals surface area (Å²) in [5, 5.41) is 21.3. The molecule has 0 bridgehead atoms. The van der Waals surface area contributed by atoms with Gasteiger partial charge in [-0.25, -0.2) is 4.79 Å². The van der Waals surface area contributed by atoms with Gasteiger partial charge in [0.05, 0.1) is 0 Å². The van der Waals surface area contributed by atoms with Crippen molar-refractivity contribution in [1.29, 1.82) is 0 Å². The minimum atomic E-state index is -1.21. The van der Waals surface area contributed by atoms with E-state index in [1.165, 1.54) is 0 Å². The fourth-order valence-electron chi connectivity index (χ4n) is 2.53. The van der Waals surface area contributed by atoms with Gasteiger partial charge >= 0.3 is 5.97 Å². The molecule has 1 saturated carbocycles. The van der Waals surface area contributed by atoms with Gasteiger partial charge in [0, 0.05) is 12.8 Å². The first-order chi connectivity index (χ1) is 9.31. The van der Waals surface area contributed by atoms with Crippen LogP contribution in [-0.4, -0.2) is 40.0 Å². The maximum atomic E-state index is 11.8. The number of hydrogen-bond acceptors (Lipinski definition) is 4. The topological polar surface area (TPSA) is 104 Å². The lowest BCUT2D eigenvalue weighted by atomic mass is 9.83. The molecule has 1 rings (SSSR count). The van der Waals surface area contributed by atoms with Crippen LogP contribution in [0.25, 0.3) is 0 Å². The van der Waals surface area contributed by atoms with Crippen molar-refractivity contribution in [1.82, 2.24) is 5.32 Å². The molecule has 0 aromatic carbocycles. The van der Waals surface area contributed by atoms with Gasteiger partial charge < -0.3 is 15.5 Å². The molecule has 0 saturated heterocycles. The number of carbonyl (C=O) groups is 3. The van der Waals surface area contributed by atoms with Crippen LogP contribution in [0.4, 0.5) is 0 Å². The van der Waals surface area contributed by atoms with Crippen molar-refractivity contribution in [3.8, 4) is 0 Å². The third kappa shape index (κ3) is 4.92. The molecule has 1 amide bonds. The number of ketones is 1. The summed E-state index contributed by atoms with van der Waals surface area (Å²) >= 11 is 0. The Bertz CT molecular complexity index is 380. The van der Waals surface area contributed by atoms with Gasteiger partial charge in [0.2, 0.25) is 5.91 Å². The van der Waals surface area contributed by atoms with Gasteiger partial charge in [-0.3, -0.25) is 9.59 Å². The Morgan fingerprint density at radius 3 is 2.55 bits per heavy atom. The van der Waals surface area contributed by atoms with Crippen molar-refractivity contribution in [2.24, 2.45) is 11.8 Å². The van der Waals surface area contributed by atoms with E-state index in [1.807, 2.05) is 13.8 Å². The lowest BCUT2D eigenvalue weighted by Crippen LogP contribution is -2.50. The number of aliphatic carboxylic acids is 1. The highest BCUT2D eigenvalue weighted by molar-refractivity contribution is 5.87.